The zero-order chi connectivity index (χ0) is 11.8. The van der Waals surface area contributed by atoms with Crippen LogP contribution in [0, 0.1) is 0 Å². The smallest absolute Gasteiger partial charge is 0.385 e. The molecule has 16 heavy (non-hydrogen) atoms. The van der Waals surface area contributed by atoms with Gasteiger partial charge >= 0.3 is 6.18 Å². The molecule has 0 aliphatic carbocycles. The van der Waals surface area contributed by atoms with Crippen LogP contribution in [-0.2, 0) is 6.18 Å². The highest BCUT2D eigenvalue weighted by molar-refractivity contribution is 5.58. The molecule has 0 fully saturated rings. The van der Waals surface area contributed by atoms with Crippen LogP contribution in [0.3, 0.4) is 0 Å². The third kappa shape index (κ3) is 1.87. The fourth-order valence-electron chi connectivity index (χ4n) is 2.13. The van der Waals surface area contributed by atoms with Crippen molar-refractivity contribution in [1.29, 1.82) is 0 Å². The fraction of sp³-hybridized carbons (Fsp3) is 0.455. The number of nitrogens with one attached hydrogen (secondary N) is 2. The SMILES string of the molecule is CNC1CCNc2cccc(C(F)(F)F)c21. The van der Waals surface area contributed by atoms with E-state index in [9.17, 15) is 13.2 Å². The third-order valence-electron chi connectivity index (χ3n) is 2.86. The topological polar surface area (TPSA) is 24.1 Å². The van der Waals surface area contributed by atoms with E-state index in [-0.39, 0.29) is 6.04 Å². The van der Waals surface area contributed by atoms with Crippen LogP contribution in [0.4, 0.5) is 18.9 Å². The summed E-state index contributed by atoms with van der Waals surface area (Å²) >= 11 is 0. The molecule has 0 saturated heterocycles. The van der Waals surface area contributed by atoms with Crippen molar-refractivity contribution in [1.82, 2.24) is 5.32 Å². The second-order valence-electron chi connectivity index (χ2n) is 3.82. The summed E-state index contributed by atoms with van der Waals surface area (Å²) in [6.45, 7) is 0.694. The van der Waals surface area contributed by atoms with E-state index in [1.54, 1.807) is 13.1 Å². The van der Waals surface area contributed by atoms with Gasteiger partial charge in [-0.3, -0.25) is 0 Å². The molecule has 5 heteroatoms. The summed E-state index contributed by atoms with van der Waals surface area (Å²) in [6.07, 6.45) is -3.63. The van der Waals surface area contributed by atoms with Gasteiger partial charge in [0, 0.05) is 23.8 Å². The molecule has 0 aromatic heterocycles. The first-order valence-electron chi connectivity index (χ1n) is 5.15. The van der Waals surface area contributed by atoms with E-state index in [0.717, 1.165) is 6.07 Å². The summed E-state index contributed by atoms with van der Waals surface area (Å²) in [4.78, 5) is 0. The number of hydrogen-bond donors (Lipinski definition) is 2. The Labute approximate surface area is 91.8 Å². The number of benzene rings is 1. The monoisotopic (exact) mass is 230 g/mol. The molecule has 1 heterocycles. The maximum Gasteiger partial charge on any atom is 0.416 e. The van der Waals surface area contributed by atoms with Gasteiger partial charge in [0.2, 0.25) is 0 Å². The largest absolute Gasteiger partial charge is 0.416 e. The Morgan fingerprint density at radius 1 is 1.38 bits per heavy atom. The van der Waals surface area contributed by atoms with Crippen LogP contribution in [-0.4, -0.2) is 13.6 Å². The van der Waals surface area contributed by atoms with Crippen LogP contribution in [0.2, 0.25) is 0 Å². The van der Waals surface area contributed by atoms with Crippen molar-refractivity contribution in [2.75, 3.05) is 18.9 Å². The molecule has 0 bridgehead atoms. The summed E-state index contributed by atoms with van der Waals surface area (Å²) in [5.74, 6) is 0. The second kappa shape index (κ2) is 3.97. The van der Waals surface area contributed by atoms with Gasteiger partial charge < -0.3 is 10.6 Å². The Morgan fingerprint density at radius 2 is 2.12 bits per heavy atom. The number of hydrogen-bond acceptors (Lipinski definition) is 2. The molecule has 88 valence electrons. The maximum atomic E-state index is 12.8. The van der Waals surface area contributed by atoms with Crippen LogP contribution in [0.1, 0.15) is 23.6 Å². The van der Waals surface area contributed by atoms with Gasteiger partial charge in [-0.2, -0.15) is 13.2 Å². The summed E-state index contributed by atoms with van der Waals surface area (Å²) in [5.41, 5.74) is 0.376. The van der Waals surface area contributed by atoms with E-state index in [4.69, 9.17) is 0 Å². The van der Waals surface area contributed by atoms with Crippen LogP contribution >= 0.6 is 0 Å². The molecule has 2 rings (SSSR count). The minimum Gasteiger partial charge on any atom is -0.385 e. The standard InChI is InChI=1S/C11H13F3N2/c1-15-8-5-6-16-9-4-2-3-7(10(8)9)11(12,13)14/h2-4,8,15-16H,5-6H2,1H3. The average molecular weight is 230 g/mol. The molecule has 1 atom stereocenters. The van der Waals surface area contributed by atoms with Gasteiger partial charge in [0.1, 0.15) is 0 Å². The van der Waals surface area contributed by atoms with Gasteiger partial charge in [-0.1, -0.05) is 6.07 Å². The van der Waals surface area contributed by atoms with E-state index in [0.29, 0.717) is 24.2 Å². The van der Waals surface area contributed by atoms with Gasteiger partial charge in [-0.25, -0.2) is 0 Å². The zero-order valence-corrected chi connectivity index (χ0v) is 8.86. The minimum absolute atomic E-state index is 0.228. The van der Waals surface area contributed by atoms with Crippen LogP contribution in [0.5, 0.6) is 0 Å². The summed E-state index contributed by atoms with van der Waals surface area (Å²) in [7, 11) is 1.69. The molecule has 0 saturated carbocycles. The Morgan fingerprint density at radius 3 is 2.75 bits per heavy atom. The lowest BCUT2D eigenvalue weighted by Gasteiger charge is -2.29. The van der Waals surface area contributed by atoms with E-state index in [1.165, 1.54) is 6.07 Å². The quantitative estimate of drug-likeness (QED) is 0.775. The van der Waals surface area contributed by atoms with Crippen LogP contribution in [0.15, 0.2) is 18.2 Å². The summed E-state index contributed by atoms with van der Waals surface area (Å²) in [5, 5.41) is 5.93. The lowest BCUT2D eigenvalue weighted by atomic mass is 9.93. The lowest BCUT2D eigenvalue weighted by Crippen LogP contribution is -2.28. The fourth-order valence-corrected chi connectivity index (χ4v) is 2.13. The van der Waals surface area contributed by atoms with Gasteiger partial charge in [-0.15, -0.1) is 0 Å². The Hall–Kier alpha value is -1.23. The highest BCUT2D eigenvalue weighted by Crippen LogP contribution is 2.40. The van der Waals surface area contributed by atoms with Crippen molar-refractivity contribution in [2.24, 2.45) is 0 Å². The predicted molar refractivity (Wildman–Crippen MR) is 56.4 cm³/mol. The molecule has 1 aliphatic rings. The van der Waals surface area contributed by atoms with Crippen molar-refractivity contribution >= 4 is 5.69 Å². The van der Waals surface area contributed by atoms with Crippen LogP contribution < -0.4 is 10.6 Å². The Bertz CT molecular complexity index is 387. The molecule has 0 amide bonds. The predicted octanol–water partition coefficient (Wildman–Crippen LogP) is 2.78. The molecule has 0 radical (unpaired) electrons. The van der Waals surface area contributed by atoms with Crippen molar-refractivity contribution in [3.63, 3.8) is 0 Å². The highest BCUT2D eigenvalue weighted by Gasteiger charge is 2.37. The Kier molecular flexibility index (Phi) is 2.80. The van der Waals surface area contributed by atoms with Crippen molar-refractivity contribution < 1.29 is 13.2 Å². The number of anilines is 1. The molecule has 2 nitrogen and oxygen atoms in total. The van der Waals surface area contributed by atoms with Crippen molar-refractivity contribution in [3.8, 4) is 0 Å². The molecular formula is C11H13F3N2. The molecular weight excluding hydrogens is 217 g/mol. The number of halogens is 3. The van der Waals surface area contributed by atoms with E-state index in [2.05, 4.69) is 10.6 Å². The van der Waals surface area contributed by atoms with Gasteiger partial charge in [0.25, 0.3) is 0 Å². The maximum absolute atomic E-state index is 12.8. The van der Waals surface area contributed by atoms with E-state index in [1.807, 2.05) is 0 Å². The second-order valence-corrected chi connectivity index (χ2v) is 3.82. The summed E-state index contributed by atoms with van der Waals surface area (Å²) < 4.78 is 38.5. The Balaban J connectivity index is 2.55. The molecule has 1 unspecified atom stereocenters. The van der Waals surface area contributed by atoms with E-state index < -0.39 is 11.7 Å². The normalized spacial score (nSPS) is 20.1. The summed E-state index contributed by atoms with van der Waals surface area (Å²) in [6, 6.07) is 4.03. The first kappa shape index (κ1) is 11.3. The van der Waals surface area contributed by atoms with Gasteiger partial charge in [0.05, 0.1) is 5.56 Å². The van der Waals surface area contributed by atoms with Gasteiger partial charge in [-0.05, 0) is 25.6 Å². The van der Waals surface area contributed by atoms with E-state index >= 15 is 0 Å². The molecule has 2 N–H and O–H groups in total. The van der Waals surface area contributed by atoms with Crippen LogP contribution in [0.25, 0.3) is 0 Å². The average Bonchev–Trinajstić information content (AvgIpc) is 2.26. The number of fused-ring (bicyclic) bond motifs is 1. The number of rotatable bonds is 1. The van der Waals surface area contributed by atoms with Gasteiger partial charge in [0.15, 0.2) is 0 Å². The number of alkyl halides is 3. The lowest BCUT2D eigenvalue weighted by molar-refractivity contribution is -0.138. The highest BCUT2D eigenvalue weighted by atomic mass is 19.4. The minimum atomic E-state index is -4.29. The van der Waals surface area contributed by atoms with Crippen molar-refractivity contribution in [3.05, 3.63) is 29.3 Å². The molecule has 1 aromatic carbocycles. The van der Waals surface area contributed by atoms with Crippen molar-refractivity contribution in [2.45, 2.75) is 18.6 Å². The zero-order valence-electron chi connectivity index (χ0n) is 8.86. The third-order valence-corrected chi connectivity index (χ3v) is 2.86. The first-order chi connectivity index (χ1) is 7.54. The first-order valence-corrected chi connectivity index (χ1v) is 5.15. The molecule has 1 aliphatic heterocycles. The molecule has 1 aromatic rings. The molecule has 0 spiro atoms.